The van der Waals surface area contributed by atoms with Crippen LogP contribution in [-0.4, -0.2) is 22.7 Å². The number of thioether (sulfide) groups is 1. The number of aryl methyl sites for hydroxylation is 1. The third kappa shape index (κ3) is 3.88. The summed E-state index contributed by atoms with van der Waals surface area (Å²) in [5, 5.41) is 19.4. The van der Waals surface area contributed by atoms with E-state index in [1.54, 1.807) is 23.1 Å². The van der Waals surface area contributed by atoms with Crippen LogP contribution in [-0.2, 0) is 4.79 Å². The van der Waals surface area contributed by atoms with Crippen LogP contribution in [0.4, 0.5) is 5.69 Å². The molecule has 1 aliphatic heterocycles. The first-order valence-corrected chi connectivity index (χ1v) is 9.44. The lowest BCUT2D eigenvalue weighted by atomic mass is 10.1. The maximum absolute atomic E-state index is 13.1. The van der Waals surface area contributed by atoms with Gasteiger partial charge in [-0.25, -0.2) is 0 Å². The highest BCUT2D eigenvalue weighted by atomic mass is 32.2. The minimum Gasteiger partial charge on any atom is -0.507 e. The van der Waals surface area contributed by atoms with Gasteiger partial charge in [0.2, 0.25) is 0 Å². The van der Waals surface area contributed by atoms with Crippen LogP contribution in [0, 0.1) is 18.3 Å². The Morgan fingerprint density at radius 1 is 1.30 bits per heavy atom. The molecule has 1 N–H and O–H groups in total. The predicted octanol–water partition coefficient (Wildman–Crippen LogP) is 4.46. The van der Waals surface area contributed by atoms with Gasteiger partial charge in [0, 0.05) is 6.54 Å². The number of aromatic hydroxyl groups is 1. The Morgan fingerprint density at radius 2 is 2.07 bits per heavy atom. The quantitative estimate of drug-likeness (QED) is 0.798. The molecule has 27 heavy (non-hydrogen) atoms. The van der Waals surface area contributed by atoms with E-state index < -0.39 is 0 Å². The smallest absolute Gasteiger partial charge is 0.271 e. The molecule has 0 aliphatic carbocycles. The fourth-order valence-electron chi connectivity index (χ4n) is 2.70. The molecule has 5 nitrogen and oxygen atoms in total. The van der Waals surface area contributed by atoms with Crippen molar-refractivity contribution in [2.75, 3.05) is 11.4 Å². The molecule has 1 fully saturated rings. The van der Waals surface area contributed by atoms with E-state index in [-0.39, 0.29) is 17.2 Å². The van der Waals surface area contributed by atoms with Gasteiger partial charge in [0.15, 0.2) is 5.17 Å². The van der Waals surface area contributed by atoms with Crippen molar-refractivity contribution < 1.29 is 9.90 Å². The van der Waals surface area contributed by atoms with E-state index >= 15 is 0 Å². The average molecular weight is 377 g/mol. The Balaban J connectivity index is 2.03. The first kappa shape index (κ1) is 18.7. The second kappa shape index (κ2) is 8.11. The standard InChI is InChI=1S/C21H19N3O2S/c1-3-10-23-21-24(17-7-5-4-6-14(17)2)20(26)19(27-21)12-15-8-9-18(25)16(11-15)13-22/h4-9,11-12,25H,3,10H2,1-2H3/b19-12-,23-21?. The highest BCUT2D eigenvalue weighted by molar-refractivity contribution is 8.19. The number of hydrogen-bond acceptors (Lipinski definition) is 5. The highest BCUT2D eigenvalue weighted by Crippen LogP contribution is 2.37. The van der Waals surface area contributed by atoms with Gasteiger partial charge in [-0.1, -0.05) is 31.2 Å². The second-order valence-electron chi connectivity index (χ2n) is 6.09. The second-order valence-corrected chi connectivity index (χ2v) is 7.10. The molecule has 0 aromatic heterocycles. The van der Waals surface area contributed by atoms with Crippen molar-refractivity contribution in [3.8, 4) is 11.8 Å². The van der Waals surface area contributed by atoms with E-state index in [0.717, 1.165) is 17.7 Å². The molecule has 2 aromatic rings. The van der Waals surface area contributed by atoms with Crippen molar-refractivity contribution >= 4 is 34.6 Å². The monoisotopic (exact) mass is 377 g/mol. The number of amides is 1. The lowest BCUT2D eigenvalue weighted by Crippen LogP contribution is -2.29. The minimum absolute atomic E-state index is 0.0724. The van der Waals surface area contributed by atoms with Crippen LogP contribution in [0.25, 0.3) is 6.08 Å². The van der Waals surface area contributed by atoms with Crippen LogP contribution in [0.5, 0.6) is 5.75 Å². The van der Waals surface area contributed by atoms with Gasteiger partial charge in [-0.05, 0) is 60.5 Å². The number of nitriles is 1. The van der Waals surface area contributed by atoms with Crippen molar-refractivity contribution in [1.82, 2.24) is 0 Å². The summed E-state index contributed by atoms with van der Waals surface area (Å²) in [5.41, 5.74) is 2.67. The molecular formula is C21H19N3O2S. The number of carbonyl (C=O) groups is 1. The van der Waals surface area contributed by atoms with E-state index in [9.17, 15) is 9.90 Å². The molecule has 1 heterocycles. The third-order valence-corrected chi connectivity index (χ3v) is 5.08. The molecule has 0 atom stereocenters. The van der Waals surface area contributed by atoms with Gasteiger partial charge in [0.05, 0.1) is 16.2 Å². The first-order chi connectivity index (χ1) is 13.0. The van der Waals surface area contributed by atoms with Gasteiger partial charge in [-0.15, -0.1) is 0 Å². The summed E-state index contributed by atoms with van der Waals surface area (Å²) in [6, 6.07) is 14.4. The molecule has 6 heteroatoms. The number of phenolic OH excluding ortho intramolecular Hbond substituents is 1. The number of carbonyl (C=O) groups excluding carboxylic acids is 1. The summed E-state index contributed by atoms with van der Waals surface area (Å²) in [6.45, 7) is 4.65. The number of para-hydroxylation sites is 1. The number of amidine groups is 1. The fourth-order valence-corrected chi connectivity index (χ4v) is 3.70. The Morgan fingerprint density at radius 3 is 2.78 bits per heavy atom. The van der Waals surface area contributed by atoms with Crippen molar-refractivity contribution in [2.24, 2.45) is 4.99 Å². The van der Waals surface area contributed by atoms with Gasteiger partial charge in [-0.2, -0.15) is 5.26 Å². The summed E-state index contributed by atoms with van der Waals surface area (Å²) in [6.07, 6.45) is 2.62. The Kier molecular flexibility index (Phi) is 5.63. The molecule has 0 radical (unpaired) electrons. The zero-order valence-corrected chi connectivity index (χ0v) is 16.0. The summed E-state index contributed by atoms with van der Waals surface area (Å²) < 4.78 is 0. The Bertz CT molecular complexity index is 989. The van der Waals surface area contributed by atoms with E-state index in [1.165, 1.54) is 17.8 Å². The van der Waals surface area contributed by atoms with Crippen LogP contribution >= 0.6 is 11.8 Å². The number of benzene rings is 2. The lowest BCUT2D eigenvalue weighted by Gasteiger charge is -2.17. The van der Waals surface area contributed by atoms with E-state index in [0.29, 0.717) is 22.2 Å². The molecule has 0 bridgehead atoms. The number of phenols is 1. The zero-order chi connectivity index (χ0) is 19.4. The van der Waals surface area contributed by atoms with Crippen molar-refractivity contribution in [3.63, 3.8) is 0 Å². The van der Waals surface area contributed by atoms with Gasteiger partial charge in [0.25, 0.3) is 5.91 Å². The van der Waals surface area contributed by atoms with Gasteiger partial charge < -0.3 is 5.11 Å². The number of nitrogens with zero attached hydrogens (tertiary/aromatic N) is 3. The molecule has 3 rings (SSSR count). The number of hydrogen-bond donors (Lipinski definition) is 1. The van der Waals surface area contributed by atoms with Gasteiger partial charge in [-0.3, -0.25) is 14.7 Å². The molecule has 0 saturated carbocycles. The van der Waals surface area contributed by atoms with E-state index in [2.05, 4.69) is 4.99 Å². The molecule has 2 aromatic carbocycles. The van der Waals surface area contributed by atoms with E-state index in [4.69, 9.17) is 5.26 Å². The SMILES string of the molecule is CCCN=C1S/C(=C\c2ccc(O)c(C#N)c2)C(=O)N1c1ccccc1C. The van der Waals surface area contributed by atoms with Crippen molar-refractivity contribution in [2.45, 2.75) is 20.3 Å². The normalized spacial score (nSPS) is 16.9. The minimum atomic E-state index is -0.143. The number of anilines is 1. The van der Waals surface area contributed by atoms with Crippen LogP contribution < -0.4 is 4.90 Å². The maximum atomic E-state index is 13.1. The molecule has 1 aliphatic rings. The topological polar surface area (TPSA) is 76.7 Å². The van der Waals surface area contributed by atoms with Crippen LogP contribution in [0.15, 0.2) is 52.4 Å². The molecular weight excluding hydrogens is 358 g/mol. The van der Waals surface area contributed by atoms with Crippen LogP contribution in [0.1, 0.15) is 30.0 Å². The largest absolute Gasteiger partial charge is 0.507 e. The van der Waals surface area contributed by atoms with Gasteiger partial charge >= 0.3 is 0 Å². The molecule has 136 valence electrons. The van der Waals surface area contributed by atoms with Crippen molar-refractivity contribution in [1.29, 1.82) is 5.26 Å². The summed E-state index contributed by atoms with van der Waals surface area (Å²) in [7, 11) is 0. The van der Waals surface area contributed by atoms with Crippen LogP contribution in [0.2, 0.25) is 0 Å². The van der Waals surface area contributed by atoms with E-state index in [1.807, 2.05) is 44.2 Å². The number of aliphatic imine (C=N–C) groups is 1. The third-order valence-electron chi connectivity index (χ3n) is 4.07. The molecule has 0 unspecified atom stereocenters. The number of rotatable bonds is 4. The average Bonchev–Trinajstić information content (AvgIpc) is 2.97. The highest BCUT2D eigenvalue weighted by Gasteiger charge is 2.35. The first-order valence-electron chi connectivity index (χ1n) is 8.62. The predicted molar refractivity (Wildman–Crippen MR) is 110 cm³/mol. The maximum Gasteiger partial charge on any atom is 0.271 e. The molecule has 1 saturated heterocycles. The Hall–Kier alpha value is -3.04. The lowest BCUT2D eigenvalue weighted by molar-refractivity contribution is -0.113. The summed E-state index contributed by atoms with van der Waals surface area (Å²) >= 11 is 1.32. The molecule has 0 spiro atoms. The van der Waals surface area contributed by atoms with Crippen molar-refractivity contribution in [3.05, 3.63) is 64.1 Å². The Labute approximate surface area is 162 Å². The summed E-state index contributed by atoms with van der Waals surface area (Å²) in [5.74, 6) is -0.215. The fraction of sp³-hybridized carbons (Fsp3) is 0.190. The summed E-state index contributed by atoms with van der Waals surface area (Å²) in [4.78, 5) is 19.9. The van der Waals surface area contributed by atoms with Gasteiger partial charge in [0.1, 0.15) is 11.8 Å². The zero-order valence-electron chi connectivity index (χ0n) is 15.1. The van der Waals surface area contributed by atoms with Crippen LogP contribution in [0.3, 0.4) is 0 Å². The molecule has 1 amide bonds.